The Morgan fingerprint density at radius 2 is 1.97 bits per heavy atom. The van der Waals surface area contributed by atoms with Crippen LogP contribution in [-0.2, 0) is 11.3 Å². The molecule has 7 heteroatoms. The molecule has 3 aromatic rings. The average molecular weight is 482 g/mol. The molecule has 0 spiro atoms. The number of fused-ring (bicyclic) bond motifs is 1. The number of nitrogens with one attached hydrogen (secondary N) is 1. The van der Waals surface area contributed by atoms with Crippen LogP contribution in [0.3, 0.4) is 0 Å². The van der Waals surface area contributed by atoms with E-state index >= 15 is 0 Å². The molecule has 1 aliphatic carbocycles. The first-order valence-corrected chi connectivity index (χ1v) is 12.6. The summed E-state index contributed by atoms with van der Waals surface area (Å²) in [6.07, 6.45) is 8.00. The average Bonchev–Trinajstić information content (AvgIpc) is 2.83. The molecule has 1 atom stereocenters. The summed E-state index contributed by atoms with van der Waals surface area (Å²) in [7, 11) is 0. The van der Waals surface area contributed by atoms with E-state index in [-0.39, 0.29) is 16.7 Å². The van der Waals surface area contributed by atoms with Gasteiger partial charge >= 0.3 is 0 Å². The maximum atomic E-state index is 13.3. The molecular weight excluding hydrogens is 454 g/mol. The van der Waals surface area contributed by atoms with Crippen LogP contribution in [0.2, 0.25) is 5.02 Å². The van der Waals surface area contributed by atoms with Crippen LogP contribution in [0.1, 0.15) is 44.6 Å². The molecule has 4 rings (SSSR count). The number of aromatic nitrogens is 2. The third kappa shape index (κ3) is 6.06. The molecule has 0 radical (unpaired) electrons. The van der Waals surface area contributed by atoms with Gasteiger partial charge in [0.1, 0.15) is 0 Å². The van der Waals surface area contributed by atoms with Gasteiger partial charge in [-0.2, -0.15) is 0 Å². The van der Waals surface area contributed by atoms with Crippen molar-refractivity contribution in [2.75, 3.05) is 6.54 Å². The van der Waals surface area contributed by atoms with Crippen molar-refractivity contribution in [1.29, 1.82) is 0 Å². The highest BCUT2D eigenvalue weighted by molar-refractivity contribution is 8.00. The van der Waals surface area contributed by atoms with E-state index in [0.717, 1.165) is 24.8 Å². The molecule has 1 heterocycles. The standard InChI is InChI=1S/C26H28ClN3O2S/c1-18(24(31)28-16-15-19-7-3-2-4-8-19)33-26-29-23-10-6-5-9-22(23)25(32)30(26)17-20-11-13-21(27)14-12-20/h5-7,9-14,18H,2-4,8,15-17H2,1H3,(H,28,31)/t18-/m1/s1. The van der Waals surface area contributed by atoms with Crippen molar-refractivity contribution < 1.29 is 4.79 Å². The van der Waals surface area contributed by atoms with Crippen LogP contribution in [0.15, 0.2) is 70.1 Å². The summed E-state index contributed by atoms with van der Waals surface area (Å²) in [6, 6.07) is 14.7. The van der Waals surface area contributed by atoms with E-state index in [0.29, 0.717) is 34.2 Å². The van der Waals surface area contributed by atoms with Crippen LogP contribution in [-0.4, -0.2) is 27.3 Å². The van der Waals surface area contributed by atoms with Gasteiger partial charge in [0.05, 0.1) is 22.7 Å². The molecule has 0 unspecified atom stereocenters. The molecule has 1 aliphatic rings. The van der Waals surface area contributed by atoms with Gasteiger partial charge in [-0.25, -0.2) is 4.98 Å². The molecule has 0 saturated carbocycles. The Morgan fingerprint density at radius 3 is 2.73 bits per heavy atom. The van der Waals surface area contributed by atoms with E-state index in [1.165, 1.54) is 30.2 Å². The van der Waals surface area contributed by atoms with E-state index < -0.39 is 0 Å². The molecule has 0 fully saturated rings. The quantitative estimate of drug-likeness (QED) is 0.259. The fraction of sp³-hybridized carbons (Fsp3) is 0.346. The maximum Gasteiger partial charge on any atom is 0.262 e. The number of allylic oxidation sites excluding steroid dienone is 1. The van der Waals surface area contributed by atoms with Crippen molar-refractivity contribution in [3.8, 4) is 0 Å². The summed E-state index contributed by atoms with van der Waals surface area (Å²) < 4.78 is 1.65. The summed E-state index contributed by atoms with van der Waals surface area (Å²) in [6.45, 7) is 2.85. The second kappa shape index (κ2) is 11.0. The SMILES string of the molecule is C[C@@H](Sc1nc2ccccc2c(=O)n1Cc1ccc(Cl)cc1)C(=O)NCCC1=CCCCC1. The number of carbonyl (C=O) groups excluding carboxylic acids is 1. The number of hydrogen-bond donors (Lipinski definition) is 1. The van der Waals surface area contributed by atoms with Gasteiger partial charge in [-0.1, -0.05) is 59.3 Å². The van der Waals surface area contributed by atoms with Gasteiger partial charge < -0.3 is 5.32 Å². The van der Waals surface area contributed by atoms with E-state index in [1.807, 2.05) is 37.3 Å². The second-order valence-corrected chi connectivity index (χ2v) is 10.1. The number of para-hydroxylation sites is 1. The number of halogens is 1. The number of nitrogens with zero attached hydrogens (tertiary/aromatic N) is 2. The predicted molar refractivity (Wildman–Crippen MR) is 136 cm³/mol. The zero-order valence-corrected chi connectivity index (χ0v) is 20.3. The number of thioether (sulfide) groups is 1. The Morgan fingerprint density at radius 1 is 1.18 bits per heavy atom. The third-order valence-electron chi connectivity index (χ3n) is 5.86. The molecule has 172 valence electrons. The Kier molecular flexibility index (Phi) is 7.89. The number of rotatable bonds is 8. The lowest BCUT2D eigenvalue weighted by atomic mass is 9.97. The zero-order valence-electron chi connectivity index (χ0n) is 18.7. The first-order valence-electron chi connectivity index (χ1n) is 11.4. The van der Waals surface area contributed by atoms with Crippen LogP contribution in [0.4, 0.5) is 0 Å². The minimum absolute atomic E-state index is 0.0446. The first kappa shape index (κ1) is 23.6. The second-order valence-electron chi connectivity index (χ2n) is 8.34. The van der Waals surface area contributed by atoms with Crippen LogP contribution in [0, 0.1) is 0 Å². The molecule has 1 N–H and O–H groups in total. The Balaban J connectivity index is 1.52. The molecule has 33 heavy (non-hydrogen) atoms. The fourth-order valence-electron chi connectivity index (χ4n) is 3.98. The Labute approximate surface area is 203 Å². The Hall–Kier alpha value is -2.57. The molecule has 0 saturated heterocycles. The molecule has 1 aromatic heterocycles. The van der Waals surface area contributed by atoms with Crippen molar-refractivity contribution in [3.05, 3.63) is 81.1 Å². The van der Waals surface area contributed by atoms with Crippen molar-refractivity contribution >= 4 is 40.2 Å². The van der Waals surface area contributed by atoms with Gasteiger partial charge in [-0.15, -0.1) is 0 Å². The minimum Gasteiger partial charge on any atom is -0.355 e. The van der Waals surface area contributed by atoms with E-state index in [2.05, 4.69) is 11.4 Å². The summed E-state index contributed by atoms with van der Waals surface area (Å²) in [4.78, 5) is 30.8. The topological polar surface area (TPSA) is 64.0 Å². The van der Waals surface area contributed by atoms with Crippen LogP contribution < -0.4 is 10.9 Å². The van der Waals surface area contributed by atoms with Crippen LogP contribution in [0.25, 0.3) is 10.9 Å². The van der Waals surface area contributed by atoms with E-state index in [9.17, 15) is 9.59 Å². The molecule has 0 aliphatic heterocycles. The highest BCUT2D eigenvalue weighted by Crippen LogP contribution is 2.24. The Bertz CT molecular complexity index is 1220. The highest BCUT2D eigenvalue weighted by atomic mass is 35.5. The van der Waals surface area contributed by atoms with Gasteiger partial charge in [-0.3, -0.25) is 14.2 Å². The van der Waals surface area contributed by atoms with Gasteiger partial charge in [0.25, 0.3) is 5.56 Å². The van der Waals surface area contributed by atoms with Crippen molar-refractivity contribution in [3.63, 3.8) is 0 Å². The largest absolute Gasteiger partial charge is 0.355 e. The lowest BCUT2D eigenvalue weighted by molar-refractivity contribution is -0.120. The normalized spacial score (nSPS) is 14.7. The third-order valence-corrected chi connectivity index (χ3v) is 7.20. The van der Waals surface area contributed by atoms with Crippen LogP contribution >= 0.6 is 23.4 Å². The lowest BCUT2D eigenvalue weighted by Gasteiger charge is -2.17. The summed E-state index contributed by atoms with van der Waals surface area (Å²) >= 11 is 7.33. The summed E-state index contributed by atoms with van der Waals surface area (Å²) in [5, 5.41) is 4.41. The van der Waals surface area contributed by atoms with Crippen LogP contribution in [0.5, 0.6) is 0 Å². The minimum atomic E-state index is -0.380. The maximum absolute atomic E-state index is 13.3. The molecule has 1 amide bonds. The number of carbonyl (C=O) groups is 1. The lowest BCUT2D eigenvalue weighted by Crippen LogP contribution is -2.33. The fourth-order valence-corrected chi connectivity index (χ4v) is 5.04. The predicted octanol–water partition coefficient (Wildman–Crippen LogP) is 5.59. The smallest absolute Gasteiger partial charge is 0.262 e. The number of amides is 1. The first-order chi connectivity index (χ1) is 16.0. The van der Waals surface area contributed by atoms with Crippen molar-refractivity contribution in [2.45, 2.75) is 56.0 Å². The van der Waals surface area contributed by atoms with E-state index in [4.69, 9.17) is 16.6 Å². The van der Waals surface area contributed by atoms with Crippen molar-refractivity contribution in [2.24, 2.45) is 0 Å². The molecule has 5 nitrogen and oxygen atoms in total. The van der Waals surface area contributed by atoms with Crippen molar-refractivity contribution in [1.82, 2.24) is 14.9 Å². The van der Waals surface area contributed by atoms with Gasteiger partial charge in [0.2, 0.25) is 5.91 Å². The van der Waals surface area contributed by atoms with Gasteiger partial charge in [0, 0.05) is 11.6 Å². The number of hydrogen-bond acceptors (Lipinski definition) is 4. The number of benzene rings is 2. The van der Waals surface area contributed by atoms with Gasteiger partial charge in [-0.05, 0) is 68.9 Å². The highest BCUT2D eigenvalue weighted by Gasteiger charge is 2.19. The zero-order chi connectivity index (χ0) is 23.2. The molecular formula is C26H28ClN3O2S. The summed E-state index contributed by atoms with van der Waals surface area (Å²) in [5.74, 6) is -0.0446. The molecule has 2 aromatic carbocycles. The van der Waals surface area contributed by atoms with Gasteiger partial charge in [0.15, 0.2) is 5.16 Å². The monoisotopic (exact) mass is 481 g/mol. The van der Waals surface area contributed by atoms with E-state index in [1.54, 1.807) is 22.8 Å². The summed E-state index contributed by atoms with van der Waals surface area (Å²) in [5.41, 5.74) is 2.90. The molecule has 0 bridgehead atoms.